The highest BCUT2D eigenvalue weighted by molar-refractivity contribution is 5.94. The number of amides is 1. The highest BCUT2D eigenvalue weighted by atomic mass is 16.2. The molecule has 2 bridgehead atoms. The second kappa shape index (κ2) is 11.1. The largest absolute Gasteiger partial charge is 0.353 e. The van der Waals surface area contributed by atoms with Gasteiger partial charge < -0.3 is 20.2 Å². The van der Waals surface area contributed by atoms with E-state index in [9.17, 15) is 4.79 Å². The molecule has 2 aliphatic heterocycles. The van der Waals surface area contributed by atoms with Gasteiger partial charge in [-0.15, -0.1) is 0 Å². The molecule has 8 nitrogen and oxygen atoms in total. The molecule has 8 heteroatoms. The number of H-pyrrole nitrogens is 2. The van der Waals surface area contributed by atoms with Gasteiger partial charge >= 0.3 is 0 Å². The molecule has 2 fully saturated rings. The number of hydrogen-bond donors (Lipinski definition) is 3. The fourth-order valence-corrected chi connectivity index (χ4v) is 7.65. The summed E-state index contributed by atoms with van der Waals surface area (Å²) in [5, 5.41) is 4.85. The Morgan fingerprint density at radius 2 is 1.70 bits per heavy atom. The third kappa shape index (κ3) is 5.09. The standard InChI is InChI=1S/C36H43N7O/c1-21-12-22(2)14-25(13-21)33-32(23(3)17-37-11-10-24-15-29-34(39-18-24)41-20-40-29)28-16-31(38-19-30(28)42-33)36(4,5)35(44)43-26-6-7-27(43)9-8-26/h12-16,18-20,23,26-27,37,42H,6-11,17H2,1-5H3,(H,39,40,41). The highest BCUT2D eigenvalue weighted by Gasteiger charge is 2.47. The summed E-state index contributed by atoms with van der Waals surface area (Å²) in [5.74, 6) is 0.440. The summed E-state index contributed by atoms with van der Waals surface area (Å²) >= 11 is 0. The zero-order valence-electron chi connectivity index (χ0n) is 26.5. The molecule has 0 aliphatic carbocycles. The van der Waals surface area contributed by atoms with Crippen molar-refractivity contribution in [2.45, 2.75) is 90.1 Å². The van der Waals surface area contributed by atoms with Crippen molar-refractivity contribution in [3.63, 3.8) is 0 Å². The SMILES string of the molecule is Cc1cc(C)cc(-c2[nH]c3cnc(C(C)(C)C(=O)N4C5CCC4CC5)cc3c2C(C)CNCCc2cnc3nc[nH]c3c2)c1. The van der Waals surface area contributed by atoms with E-state index >= 15 is 0 Å². The van der Waals surface area contributed by atoms with Gasteiger partial charge in [0, 0.05) is 30.2 Å². The zero-order chi connectivity index (χ0) is 30.6. The quantitative estimate of drug-likeness (QED) is 0.171. The molecule has 0 radical (unpaired) electrons. The summed E-state index contributed by atoms with van der Waals surface area (Å²) in [6.45, 7) is 12.4. The van der Waals surface area contributed by atoms with Crippen LogP contribution in [0.4, 0.5) is 0 Å². The normalized spacial score (nSPS) is 19.0. The molecular weight excluding hydrogens is 546 g/mol. The first-order chi connectivity index (χ1) is 21.2. The van der Waals surface area contributed by atoms with Gasteiger partial charge in [0.1, 0.15) is 0 Å². The van der Waals surface area contributed by atoms with Crippen LogP contribution in [-0.4, -0.2) is 60.9 Å². The summed E-state index contributed by atoms with van der Waals surface area (Å²) in [4.78, 5) is 36.7. The molecule has 1 atom stereocenters. The van der Waals surface area contributed by atoms with Gasteiger partial charge in [-0.3, -0.25) is 9.78 Å². The molecule has 3 N–H and O–H groups in total. The van der Waals surface area contributed by atoms with Gasteiger partial charge in [-0.25, -0.2) is 9.97 Å². The summed E-state index contributed by atoms with van der Waals surface area (Å²) < 4.78 is 0. The molecule has 1 aromatic carbocycles. The molecule has 0 saturated carbocycles. The fraction of sp³-hybridized carbons (Fsp3) is 0.444. The lowest BCUT2D eigenvalue weighted by Gasteiger charge is -2.32. The molecule has 1 unspecified atom stereocenters. The monoisotopic (exact) mass is 589 g/mol. The van der Waals surface area contributed by atoms with Crippen molar-refractivity contribution >= 4 is 28.0 Å². The Kier molecular flexibility index (Phi) is 7.28. The minimum absolute atomic E-state index is 0.219. The zero-order valence-corrected chi connectivity index (χ0v) is 26.5. The van der Waals surface area contributed by atoms with Crippen molar-refractivity contribution in [3.8, 4) is 11.3 Å². The molecule has 5 aromatic rings. The number of fused-ring (bicyclic) bond motifs is 4. The van der Waals surface area contributed by atoms with E-state index in [0.29, 0.717) is 12.1 Å². The van der Waals surface area contributed by atoms with E-state index in [4.69, 9.17) is 4.98 Å². The number of carbonyl (C=O) groups is 1. The number of imidazole rings is 1. The first-order valence-electron chi connectivity index (χ1n) is 16.1. The Hall–Kier alpha value is -4.04. The first-order valence-corrected chi connectivity index (χ1v) is 16.1. The smallest absolute Gasteiger partial charge is 0.234 e. The van der Waals surface area contributed by atoms with Crippen molar-refractivity contribution in [1.29, 1.82) is 0 Å². The van der Waals surface area contributed by atoms with Crippen LogP contribution in [0.5, 0.6) is 0 Å². The van der Waals surface area contributed by atoms with Gasteiger partial charge in [0.15, 0.2) is 5.65 Å². The second-order valence-corrected chi connectivity index (χ2v) is 13.7. The molecule has 228 valence electrons. The van der Waals surface area contributed by atoms with E-state index in [-0.39, 0.29) is 11.8 Å². The molecular formula is C36H43N7O. The predicted octanol–water partition coefficient (Wildman–Crippen LogP) is 6.48. The van der Waals surface area contributed by atoms with E-state index < -0.39 is 5.41 Å². The lowest BCUT2D eigenvalue weighted by Crippen LogP contribution is -2.46. The van der Waals surface area contributed by atoms with Crippen molar-refractivity contribution in [1.82, 2.24) is 35.1 Å². The van der Waals surface area contributed by atoms with E-state index in [1.807, 2.05) is 12.4 Å². The number of aromatic amines is 2. The van der Waals surface area contributed by atoms with Crippen molar-refractivity contribution < 1.29 is 4.79 Å². The van der Waals surface area contributed by atoms with Gasteiger partial charge in [0.25, 0.3) is 0 Å². The van der Waals surface area contributed by atoms with Gasteiger partial charge in [-0.1, -0.05) is 24.1 Å². The molecule has 6 heterocycles. The summed E-state index contributed by atoms with van der Waals surface area (Å²) in [7, 11) is 0. The van der Waals surface area contributed by atoms with Crippen LogP contribution in [0, 0.1) is 13.8 Å². The molecule has 2 saturated heterocycles. The Labute approximate surface area is 259 Å². The maximum absolute atomic E-state index is 14.0. The van der Waals surface area contributed by atoms with Crippen LogP contribution in [0.25, 0.3) is 33.3 Å². The third-order valence-corrected chi connectivity index (χ3v) is 9.96. The van der Waals surface area contributed by atoms with Crippen molar-refractivity contribution in [2.24, 2.45) is 0 Å². The summed E-state index contributed by atoms with van der Waals surface area (Å²) in [5.41, 5.74) is 10.1. The first kappa shape index (κ1) is 28.7. The van der Waals surface area contributed by atoms with Crippen LogP contribution in [-0.2, 0) is 16.6 Å². The maximum Gasteiger partial charge on any atom is 0.234 e. The topological polar surface area (TPSA) is 103 Å². The fourth-order valence-electron chi connectivity index (χ4n) is 7.65. The Bertz CT molecular complexity index is 1810. The average molecular weight is 590 g/mol. The van der Waals surface area contributed by atoms with Crippen LogP contribution in [0.1, 0.15) is 80.3 Å². The number of nitrogens with one attached hydrogen (secondary N) is 3. The van der Waals surface area contributed by atoms with Crippen molar-refractivity contribution in [2.75, 3.05) is 13.1 Å². The predicted molar refractivity (Wildman–Crippen MR) is 176 cm³/mol. The Morgan fingerprint density at radius 1 is 0.977 bits per heavy atom. The lowest BCUT2D eigenvalue weighted by atomic mass is 9.85. The van der Waals surface area contributed by atoms with E-state index in [0.717, 1.165) is 78.6 Å². The number of benzene rings is 1. The maximum atomic E-state index is 14.0. The Balaban J connectivity index is 1.19. The van der Waals surface area contributed by atoms with E-state index in [1.165, 1.54) is 27.8 Å². The van der Waals surface area contributed by atoms with E-state index in [2.05, 4.69) is 95.1 Å². The van der Waals surface area contributed by atoms with Gasteiger partial charge in [-0.2, -0.15) is 0 Å². The Morgan fingerprint density at radius 3 is 2.43 bits per heavy atom. The second-order valence-electron chi connectivity index (χ2n) is 13.7. The molecule has 0 spiro atoms. The number of hydrogen-bond acceptors (Lipinski definition) is 5. The third-order valence-electron chi connectivity index (χ3n) is 9.96. The van der Waals surface area contributed by atoms with Crippen LogP contribution in [0.3, 0.4) is 0 Å². The molecule has 7 rings (SSSR count). The summed E-state index contributed by atoms with van der Waals surface area (Å²) in [6, 6.07) is 11.8. The highest BCUT2D eigenvalue weighted by Crippen LogP contribution is 2.42. The van der Waals surface area contributed by atoms with Crippen LogP contribution in [0.15, 0.2) is 49.1 Å². The number of pyridine rings is 2. The average Bonchev–Trinajstić information content (AvgIpc) is 3.80. The van der Waals surface area contributed by atoms with Crippen LogP contribution in [0.2, 0.25) is 0 Å². The lowest BCUT2D eigenvalue weighted by molar-refractivity contribution is -0.137. The van der Waals surface area contributed by atoms with Gasteiger partial charge in [0.2, 0.25) is 5.91 Å². The molecule has 4 aromatic heterocycles. The molecule has 1 amide bonds. The van der Waals surface area contributed by atoms with Crippen molar-refractivity contribution in [3.05, 3.63) is 77.0 Å². The minimum Gasteiger partial charge on any atom is -0.353 e. The van der Waals surface area contributed by atoms with Crippen LogP contribution >= 0.6 is 0 Å². The summed E-state index contributed by atoms with van der Waals surface area (Å²) in [6.07, 6.45) is 11.0. The molecule has 2 aliphatic rings. The number of aryl methyl sites for hydroxylation is 2. The number of aromatic nitrogens is 5. The van der Waals surface area contributed by atoms with Crippen LogP contribution < -0.4 is 5.32 Å². The number of nitrogens with zero attached hydrogens (tertiary/aromatic N) is 4. The minimum atomic E-state index is -0.695. The van der Waals surface area contributed by atoms with Gasteiger partial charge in [0.05, 0.1) is 40.4 Å². The van der Waals surface area contributed by atoms with E-state index in [1.54, 1.807) is 6.33 Å². The number of rotatable bonds is 9. The van der Waals surface area contributed by atoms with Gasteiger partial charge in [-0.05, 0) is 113 Å². The molecule has 44 heavy (non-hydrogen) atoms. The number of carbonyl (C=O) groups excluding carboxylic acids is 1.